The molecular formula is C15H10F4O3. The highest BCUT2D eigenvalue weighted by molar-refractivity contribution is 5.87. The topological polar surface area (TPSA) is 46.5 Å². The lowest BCUT2D eigenvalue weighted by Gasteiger charge is -2.11. The first kappa shape index (κ1) is 15.8. The van der Waals surface area contributed by atoms with E-state index in [1.807, 2.05) is 0 Å². The third-order valence-corrected chi connectivity index (χ3v) is 2.86. The largest absolute Gasteiger partial charge is 0.489 e. The molecule has 0 heterocycles. The molecule has 0 aromatic heterocycles. The number of rotatable bonds is 4. The van der Waals surface area contributed by atoms with Crippen molar-refractivity contribution >= 4 is 5.97 Å². The molecule has 0 aliphatic heterocycles. The van der Waals surface area contributed by atoms with E-state index >= 15 is 0 Å². The van der Waals surface area contributed by atoms with Crippen LogP contribution in [0.5, 0.6) is 5.75 Å². The van der Waals surface area contributed by atoms with Crippen molar-refractivity contribution in [3.05, 3.63) is 65.0 Å². The summed E-state index contributed by atoms with van der Waals surface area (Å²) in [6.07, 6.45) is -4.49. The van der Waals surface area contributed by atoms with Crippen LogP contribution in [0.2, 0.25) is 0 Å². The number of hydrogen-bond donors (Lipinski definition) is 1. The Morgan fingerprint density at radius 2 is 1.86 bits per heavy atom. The third-order valence-electron chi connectivity index (χ3n) is 2.86. The van der Waals surface area contributed by atoms with Gasteiger partial charge in [0.1, 0.15) is 18.2 Å². The standard InChI is InChI=1S/C15H10F4O3/c16-13-6-9(14(20)21)4-5-10(13)8-22-12-3-1-2-11(7-12)15(17,18)19/h1-7H,8H2,(H,20,21). The molecule has 3 nitrogen and oxygen atoms in total. The quantitative estimate of drug-likeness (QED) is 0.864. The monoisotopic (exact) mass is 314 g/mol. The molecule has 0 radical (unpaired) electrons. The van der Waals surface area contributed by atoms with Gasteiger partial charge in [0.2, 0.25) is 0 Å². The smallest absolute Gasteiger partial charge is 0.416 e. The average Bonchev–Trinajstić information content (AvgIpc) is 2.45. The number of carboxylic acids is 1. The summed E-state index contributed by atoms with van der Waals surface area (Å²) >= 11 is 0. The maximum absolute atomic E-state index is 13.7. The second-order valence-corrected chi connectivity index (χ2v) is 4.43. The Balaban J connectivity index is 2.12. The van der Waals surface area contributed by atoms with Crippen molar-refractivity contribution in [2.24, 2.45) is 0 Å². The van der Waals surface area contributed by atoms with Crippen molar-refractivity contribution < 1.29 is 32.2 Å². The van der Waals surface area contributed by atoms with Crippen LogP contribution in [0.3, 0.4) is 0 Å². The number of carboxylic acid groups (broad SMARTS) is 1. The normalized spacial score (nSPS) is 11.3. The Labute approximate surface area is 122 Å². The highest BCUT2D eigenvalue weighted by Crippen LogP contribution is 2.31. The molecule has 0 unspecified atom stereocenters. The van der Waals surface area contributed by atoms with E-state index < -0.39 is 23.5 Å². The van der Waals surface area contributed by atoms with Gasteiger partial charge in [-0.2, -0.15) is 13.2 Å². The molecule has 0 aliphatic carbocycles. The lowest BCUT2D eigenvalue weighted by atomic mass is 10.1. The third kappa shape index (κ3) is 3.75. The van der Waals surface area contributed by atoms with Gasteiger partial charge in [0.15, 0.2) is 0 Å². The molecule has 0 spiro atoms. The van der Waals surface area contributed by atoms with Gasteiger partial charge in [-0.3, -0.25) is 0 Å². The first-order chi connectivity index (χ1) is 10.3. The Kier molecular flexibility index (Phi) is 4.35. The average molecular weight is 314 g/mol. The van der Waals surface area contributed by atoms with E-state index in [9.17, 15) is 22.4 Å². The molecule has 2 aromatic carbocycles. The number of hydrogen-bond acceptors (Lipinski definition) is 2. The Hall–Kier alpha value is -2.57. The number of ether oxygens (including phenoxy) is 1. The Bertz CT molecular complexity index is 695. The van der Waals surface area contributed by atoms with Gasteiger partial charge in [0.25, 0.3) is 0 Å². The van der Waals surface area contributed by atoms with Gasteiger partial charge in [-0.15, -0.1) is 0 Å². The van der Waals surface area contributed by atoms with Gasteiger partial charge >= 0.3 is 12.1 Å². The molecule has 0 aliphatic rings. The molecule has 7 heteroatoms. The molecule has 0 saturated carbocycles. The van der Waals surface area contributed by atoms with E-state index in [1.165, 1.54) is 24.3 Å². The number of alkyl halides is 3. The summed E-state index contributed by atoms with van der Waals surface area (Å²) in [6, 6.07) is 7.44. The lowest BCUT2D eigenvalue weighted by Crippen LogP contribution is -2.06. The minimum Gasteiger partial charge on any atom is -0.489 e. The van der Waals surface area contributed by atoms with Crippen molar-refractivity contribution in [2.75, 3.05) is 0 Å². The predicted octanol–water partition coefficient (Wildman–Crippen LogP) is 4.12. The van der Waals surface area contributed by atoms with Gasteiger partial charge in [-0.25, -0.2) is 9.18 Å². The van der Waals surface area contributed by atoms with Crippen LogP contribution in [0.4, 0.5) is 17.6 Å². The summed E-state index contributed by atoms with van der Waals surface area (Å²) in [5.74, 6) is -2.13. The van der Waals surface area contributed by atoms with Crippen molar-refractivity contribution in [2.45, 2.75) is 12.8 Å². The van der Waals surface area contributed by atoms with E-state index in [0.717, 1.165) is 18.2 Å². The lowest BCUT2D eigenvalue weighted by molar-refractivity contribution is -0.137. The Morgan fingerprint density at radius 1 is 1.14 bits per heavy atom. The summed E-state index contributed by atoms with van der Waals surface area (Å²) in [7, 11) is 0. The van der Waals surface area contributed by atoms with E-state index in [4.69, 9.17) is 9.84 Å². The highest BCUT2D eigenvalue weighted by Gasteiger charge is 2.30. The molecule has 0 atom stereocenters. The van der Waals surface area contributed by atoms with Gasteiger partial charge < -0.3 is 9.84 Å². The van der Waals surface area contributed by atoms with Crippen LogP contribution in [0.1, 0.15) is 21.5 Å². The summed E-state index contributed by atoms with van der Waals surface area (Å²) in [5.41, 5.74) is -1.05. The number of benzene rings is 2. The van der Waals surface area contributed by atoms with Crippen molar-refractivity contribution in [1.82, 2.24) is 0 Å². The Morgan fingerprint density at radius 3 is 2.45 bits per heavy atom. The van der Waals surface area contributed by atoms with Gasteiger partial charge in [-0.05, 0) is 30.3 Å². The zero-order valence-corrected chi connectivity index (χ0v) is 11.0. The molecule has 0 bridgehead atoms. The van der Waals surface area contributed by atoms with Crippen LogP contribution in [0.15, 0.2) is 42.5 Å². The van der Waals surface area contributed by atoms with E-state index in [-0.39, 0.29) is 23.5 Å². The predicted molar refractivity (Wildman–Crippen MR) is 69.1 cm³/mol. The van der Waals surface area contributed by atoms with Crippen LogP contribution in [0.25, 0.3) is 0 Å². The number of carbonyl (C=O) groups is 1. The van der Waals surface area contributed by atoms with Gasteiger partial charge in [-0.1, -0.05) is 12.1 Å². The summed E-state index contributed by atoms with van der Waals surface area (Å²) < 4.78 is 56.4. The molecule has 0 amide bonds. The van der Waals surface area contributed by atoms with Crippen LogP contribution >= 0.6 is 0 Å². The van der Waals surface area contributed by atoms with E-state index in [1.54, 1.807) is 0 Å². The molecule has 22 heavy (non-hydrogen) atoms. The maximum Gasteiger partial charge on any atom is 0.416 e. The van der Waals surface area contributed by atoms with Crippen LogP contribution in [0, 0.1) is 5.82 Å². The van der Waals surface area contributed by atoms with Crippen LogP contribution in [-0.4, -0.2) is 11.1 Å². The fraction of sp³-hybridized carbons (Fsp3) is 0.133. The molecule has 2 aromatic rings. The molecule has 0 saturated heterocycles. The second kappa shape index (κ2) is 6.05. The minimum absolute atomic E-state index is 0.0439. The summed E-state index contributed by atoms with van der Waals surface area (Å²) in [6.45, 7) is -0.312. The molecule has 116 valence electrons. The van der Waals surface area contributed by atoms with Gasteiger partial charge in [0, 0.05) is 5.56 Å². The minimum atomic E-state index is -4.49. The zero-order valence-electron chi connectivity index (χ0n) is 11.0. The van der Waals surface area contributed by atoms with Crippen LogP contribution in [-0.2, 0) is 12.8 Å². The fourth-order valence-electron chi connectivity index (χ4n) is 1.72. The first-order valence-corrected chi connectivity index (χ1v) is 6.09. The molecule has 0 fully saturated rings. The second-order valence-electron chi connectivity index (χ2n) is 4.43. The number of aromatic carboxylic acids is 1. The maximum atomic E-state index is 13.7. The van der Waals surface area contributed by atoms with E-state index in [0.29, 0.717) is 0 Å². The molecule has 1 N–H and O–H groups in total. The molecular weight excluding hydrogens is 304 g/mol. The SMILES string of the molecule is O=C(O)c1ccc(COc2cccc(C(F)(F)F)c2)c(F)c1. The highest BCUT2D eigenvalue weighted by atomic mass is 19.4. The van der Waals surface area contributed by atoms with Gasteiger partial charge in [0.05, 0.1) is 11.1 Å². The summed E-state index contributed by atoms with van der Waals surface area (Å²) in [4.78, 5) is 10.7. The molecule has 2 rings (SSSR count). The first-order valence-electron chi connectivity index (χ1n) is 6.09. The number of halogens is 4. The summed E-state index contributed by atoms with van der Waals surface area (Å²) in [5, 5.41) is 8.71. The van der Waals surface area contributed by atoms with Crippen molar-refractivity contribution in [1.29, 1.82) is 0 Å². The fourth-order valence-corrected chi connectivity index (χ4v) is 1.72. The zero-order chi connectivity index (χ0) is 16.3. The van der Waals surface area contributed by atoms with Crippen molar-refractivity contribution in [3.63, 3.8) is 0 Å². The van der Waals surface area contributed by atoms with E-state index in [2.05, 4.69) is 0 Å². The van der Waals surface area contributed by atoms with Crippen molar-refractivity contribution in [3.8, 4) is 5.75 Å². The van der Waals surface area contributed by atoms with Crippen LogP contribution < -0.4 is 4.74 Å².